The summed E-state index contributed by atoms with van der Waals surface area (Å²) in [6.45, 7) is 5.13. The fraction of sp³-hybridized carbons (Fsp3) is 0.389. The Hall–Kier alpha value is -2.58. The van der Waals surface area contributed by atoms with E-state index in [0.717, 1.165) is 38.4 Å². The molecule has 0 aliphatic carbocycles. The third kappa shape index (κ3) is 5.47. The number of nitrogens with zero attached hydrogens (tertiary/aromatic N) is 3. The summed E-state index contributed by atoms with van der Waals surface area (Å²) in [6.07, 6.45) is 2.98. The van der Waals surface area contributed by atoms with E-state index in [2.05, 4.69) is 25.5 Å². The summed E-state index contributed by atoms with van der Waals surface area (Å²) in [6, 6.07) is 6.20. The van der Waals surface area contributed by atoms with E-state index in [1.807, 2.05) is 0 Å². The first-order valence-corrected chi connectivity index (χ1v) is 8.59. The van der Waals surface area contributed by atoms with E-state index >= 15 is 0 Å². The summed E-state index contributed by atoms with van der Waals surface area (Å²) in [5.74, 6) is -0.0449. The van der Waals surface area contributed by atoms with Crippen molar-refractivity contribution in [3.05, 3.63) is 53.6 Å². The summed E-state index contributed by atoms with van der Waals surface area (Å²) >= 11 is 0. The van der Waals surface area contributed by atoms with Gasteiger partial charge in [0.25, 0.3) is 5.91 Å². The number of hydrogen-bond donors (Lipinski definition) is 2. The zero-order chi connectivity index (χ0) is 18.2. The average molecular weight is 359 g/mol. The van der Waals surface area contributed by atoms with Gasteiger partial charge in [0.05, 0.1) is 18.8 Å². The number of morpholine rings is 1. The maximum Gasteiger partial charge on any atom is 0.254 e. The van der Waals surface area contributed by atoms with Crippen LogP contribution in [-0.4, -0.2) is 60.2 Å². The number of rotatable bonds is 7. The van der Waals surface area contributed by atoms with Crippen LogP contribution in [0.15, 0.2) is 36.7 Å². The van der Waals surface area contributed by atoms with E-state index in [1.165, 1.54) is 24.5 Å². The third-order valence-corrected chi connectivity index (χ3v) is 4.10. The molecule has 1 aromatic carbocycles. The predicted octanol–water partition coefficient (Wildman–Crippen LogP) is 1.29. The van der Waals surface area contributed by atoms with Crippen LogP contribution in [0.25, 0.3) is 0 Å². The van der Waals surface area contributed by atoms with Crippen LogP contribution in [0.3, 0.4) is 0 Å². The summed E-state index contributed by atoms with van der Waals surface area (Å²) in [7, 11) is 0. The SMILES string of the molecule is O=C(NCCN1CCOCC1)c1cnc(NCc2ccc(F)cc2)nc1. The van der Waals surface area contributed by atoms with Gasteiger partial charge in [-0.25, -0.2) is 14.4 Å². The Labute approximate surface area is 151 Å². The van der Waals surface area contributed by atoms with Crippen LogP contribution >= 0.6 is 0 Å². The van der Waals surface area contributed by atoms with E-state index in [0.29, 0.717) is 24.6 Å². The first-order chi connectivity index (χ1) is 12.7. The van der Waals surface area contributed by atoms with Gasteiger partial charge in [0.2, 0.25) is 5.95 Å². The van der Waals surface area contributed by atoms with Gasteiger partial charge in [-0.2, -0.15) is 0 Å². The number of nitrogens with one attached hydrogen (secondary N) is 2. The molecule has 1 aliphatic rings. The maximum atomic E-state index is 12.9. The standard InChI is InChI=1S/C18H22FN5O2/c19-16-3-1-14(2-4-16)11-21-18-22-12-15(13-23-18)17(25)20-5-6-24-7-9-26-10-8-24/h1-4,12-13H,5-11H2,(H,20,25)(H,21,22,23). The molecule has 8 heteroatoms. The average Bonchev–Trinajstić information content (AvgIpc) is 2.69. The minimum atomic E-state index is -0.269. The number of ether oxygens (including phenoxy) is 1. The molecule has 0 radical (unpaired) electrons. The second kappa shape index (κ2) is 9.21. The van der Waals surface area contributed by atoms with Gasteiger partial charge in [-0.15, -0.1) is 0 Å². The highest BCUT2D eigenvalue weighted by Gasteiger charge is 2.11. The zero-order valence-corrected chi connectivity index (χ0v) is 14.4. The molecule has 1 saturated heterocycles. The first-order valence-electron chi connectivity index (χ1n) is 8.59. The molecule has 138 valence electrons. The second-order valence-electron chi connectivity index (χ2n) is 5.99. The highest BCUT2D eigenvalue weighted by molar-refractivity contribution is 5.93. The van der Waals surface area contributed by atoms with Gasteiger partial charge in [0.1, 0.15) is 5.82 Å². The third-order valence-electron chi connectivity index (χ3n) is 4.10. The molecular weight excluding hydrogens is 337 g/mol. The van der Waals surface area contributed by atoms with E-state index in [9.17, 15) is 9.18 Å². The van der Waals surface area contributed by atoms with Gasteiger partial charge >= 0.3 is 0 Å². The Morgan fingerprint density at radius 2 is 1.85 bits per heavy atom. The summed E-state index contributed by atoms with van der Waals surface area (Å²) in [5.41, 5.74) is 1.33. The molecule has 2 N–H and O–H groups in total. The lowest BCUT2D eigenvalue weighted by Gasteiger charge is -2.26. The molecule has 0 saturated carbocycles. The normalized spacial score (nSPS) is 14.8. The van der Waals surface area contributed by atoms with Crippen molar-refractivity contribution in [2.75, 3.05) is 44.7 Å². The number of hydrogen-bond acceptors (Lipinski definition) is 6. The largest absolute Gasteiger partial charge is 0.379 e. The molecule has 0 atom stereocenters. The maximum absolute atomic E-state index is 12.9. The second-order valence-corrected chi connectivity index (χ2v) is 5.99. The van der Waals surface area contributed by atoms with Crippen LogP contribution in [0.5, 0.6) is 0 Å². The van der Waals surface area contributed by atoms with Crippen molar-refractivity contribution >= 4 is 11.9 Å². The van der Waals surface area contributed by atoms with Gasteiger partial charge in [0.15, 0.2) is 0 Å². The molecule has 1 aliphatic heterocycles. The molecule has 7 nitrogen and oxygen atoms in total. The highest BCUT2D eigenvalue weighted by atomic mass is 19.1. The van der Waals surface area contributed by atoms with Crippen molar-refractivity contribution in [1.29, 1.82) is 0 Å². The Morgan fingerprint density at radius 1 is 1.15 bits per heavy atom. The first kappa shape index (κ1) is 18.2. The molecular formula is C18H22FN5O2. The van der Waals surface area contributed by atoms with Crippen molar-refractivity contribution in [3.8, 4) is 0 Å². The highest BCUT2D eigenvalue weighted by Crippen LogP contribution is 2.06. The minimum absolute atomic E-state index is 0.191. The number of amides is 1. The van der Waals surface area contributed by atoms with Gasteiger partial charge in [0, 0.05) is 45.1 Å². The van der Waals surface area contributed by atoms with Crippen LogP contribution in [0.4, 0.5) is 10.3 Å². The number of anilines is 1. The van der Waals surface area contributed by atoms with Gasteiger partial charge in [-0.1, -0.05) is 12.1 Å². The van der Waals surface area contributed by atoms with Crippen LogP contribution < -0.4 is 10.6 Å². The smallest absolute Gasteiger partial charge is 0.254 e. The van der Waals surface area contributed by atoms with Crippen LogP contribution in [-0.2, 0) is 11.3 Å². The van der Waals surface area contributed by atoms with Crippen molar-refractivity contribution in [1.82, 2.24) is 20.2 Å². The summed E-state index contributed by atoms with van der Waals surface area (Å²) in [4.78, 5) is 22.7. The Morgan fingerprint density at radius 3 is 2.54 bits per heavy atom. The molecule has 2 aromatic rings. The number of aromatic nitrogens is 2. The lowest BCUT2D eigenvalue weighted by Crippen LogP contribution is -2.41. The fourth-order valence-electron chi connectivity index (χ4n) is 2.57. The monoisotopic (exact) mass is 359 g/mol. The molecule has 0 unspecified atom stereocenters. The molecule has 1 amide bonds. The quantitative estimate of drug-likeness (QED) is 0.776. The fourth-order valence-corrected chi connectivity index (χ4v) is 2.57. The van der Waals surface area contributed by atoms with E-state index in [1.54, 1.807) is 12.1 Å². The molecule has 2 heterocycles. The molecule has 1 aromatic heterocycles. The van der Waals surface area contributed by atoms with Crippen LogP contribution in [0, 0.1) is 5.82 Å². The Balaban J connectivity index is 1.42. The van der Waals surface area contributed by atoms with Gasteiger partial charge < -0.3 is 15.4 Å². The molecule has 0 bridgehead atoms. The van der Waals surface area contributed by atoms with Crippen LogP contribution in [0.2, 0.25) is 0 Å². The summed E-state index contributed by atoms with van der Waals surface area (Å²) < 4.78 is 18.2. The predicted molar refractivity (Wildman–Crippen MR) is 95.4 cm³/mol. The van der Waals surface area contributed by atoms with Crippen LogP contribution in [0.1, 0.15) is 15.9 Å². The number of benzene rings is 1. The topological polar surface area (TPSA) is 79.4 Å². The van der Waals surface area contributed by atoms with E-state index in [4.69, 9.17) is 4.74 Å². The summed E-state index contributed by atoms with van der Waals surface area (Å²) in [5, 5.41) is 5.91. The van der Waals surface area contributed by atoms with Gasteiger partial charge in [-0.3, -0.25) is 9.69 Å². The van der Waals surface area contributed by atoms with Crippen molar-refractivity contribution in [2.45, 2.75) is 6.54 Å². The van der Waals surface area contributed by atoms with Crippen molar-refractivity contribution < 1.29 is 13.9 Å². The lowest BCUT2D eigenvalue weighted by atomic mass is 10.2. The van der Waals surface area contributed by atoms with E-state index < -0.39 is 0 Å². The Kier molecular flexibility index (Phi) is 6.45. The molecule has 3 rings (SSSR count). The lowest BCUT2D eigenvalue weighted by molar-refractivity contribution is 0.0383. The van der Waals surface area contributed by atoms with Gasteiger partial charge in [-0.05, 0) is 17.7 Å². The molecule has 1 fully saturated rings. The Bertz CT molecular complexity index is 703. The number of carbonyl (C=O) groups excluding carboxylic acids is 1. The number of carbonyl (C=O) groups is 1. The minimum Gasteiger partial charge on any atom is -0.379 e. The van der Waals surface area contributed by atoms with Crippen molar-refractivity contribution in [3.63, 3.8) is 0 Å². The molecule has 26 heavy (non-hydrogen) atoms. The number of halogens is 1. The van der Waals surface area contributed by atoms with E-state index in [-0.39, 0.29) is 11.7 Å². The zero-order valence-electron chi connectivity index (χ0n) is 14.4. The molecule has 0 spiro atoms. The van der Waals surface area contributed by atoms with Crippen molar-refractivity contribution in [2.24, 2.45) is 0 Å².